The van der Waals surface area contributed by atoms with Crippen LogP contribution in [0.1, 0.15) is 16.5 Å². The molecular formula is C17H15Cl2NO3S. The summed E-state index contributed by atoms with van der Waals surface area (Å²) in [4.78, 5) is 11.1. The fourth-order valence-electron chi connectivity index (χ4n) is 2.44. The minimum Gasteiger partial charge on any atom is -0.489 e. The quantitative estimate of drug-likeness (QED) is 0.802. The highest BCUT2D eigenvalue weighted by Gasteiger charge is 2.32. The van der Waals surface area contributed by atoms with Crippen molar-refractivity contribution >= 4 is 40.9 Å². The van der Waals surface area contributed by atoms with Crippen molar-refractivity contribution in [2.45, 2.75) is 18.0 Å². The first-order valence-electron chi connectivity index (χ1n) is 7.30. The summed E-state index contributed by atoms with van der Waals surface area (Å²) >= 11 is 13.6. The van der Waals surface area contributed by atoms with Crippen molar-refractivity contribution < 1.29 is 14.6 Å². The lowest BCUT2D eigenvalue weighted by Crippen LogP contribution is -2.33. The maximum absolute atomic E-state index is 11.1. The Morgan fingerprint density at radius 3 is 2.75 bits per heavy atom. The first-order valence-corrected chi connectivity index (χ1v) is 9.10. The Kier molecular flexibility index (Phi) is 5.56. The number of carboxylic acids is 1. The predicted molar refractivity (Wildman–Crippen MR) is 97.0 cm³/mol. The molecule has 2 aromatic carbocycles. The van der Waals surface area contributed by atoms with E-state index in [2.05, 4.69) is 5.32 Å². The van der Waals surface area contributed by atoms with Gasteiger partial charge in [-0.2, -0.15) is 0 Å². The van der Waals surface area contributed by atoms with E-state index in [4.69, 9.17) is 33.0 Å². The third kappa shape index (κ3) is 4.16. The third-order valence-corrected chi connectivity index (χ3v) is 5.34. The molecule has 0 spiro atoms. The summed E-state index contributed by atoms with van der Waals surface area (Å²) in [5, 5.41) is 13.3. The molecule has 3 rings (SSSR count). The molecule has 1 saturated heterocycles. The fourth-order valence-corrected chi connectivity index (χ4v) is 4.08. The van der Waals surface area contributed by atoms with E-state index in [0.717, 1.165) is 11.1 Å². The predicted octanol–water partition coefficient (Wildman–Crippen LogP) is 4.36. The molecule has 4 nitrogen and oxygen atoms in total. The molecule has 2 N–H and O–H groups in total. The summed E-state index contributed by atoms with van der Waals surface area (Å²) in [5.74, 6) is 0.323. The van der Waals surface area contributed by atoms with Gasteiger partial charge in [0.05, 0.1) is 5.37 Å². The smallest absolute Gasteiger partial charge is 0.321 e. The molecule has 1 aliphatic heterocycles. The average molecular weight is 384 g/mol. The molecule has 7 heteroatoms. The molecule has 0 aromatic heterocycles. The number of carbonyl (C=O) groups is 1. The van der Waals surface area contributed by atoms with Crippen molar-refractivity contribution in [3.63, 3.8) is 0 Å². The number of benzene rings is 2. The van der Waals surface area contributed by atoms with Crippen LogP contribution in [0.2, 0.25) is 10.0 Å². The monoisotopic (exact) mass is 383 g/mol. The van der Waals surface area contributed by atoms with E-state index in [9.17, 15) is 4.79 Å². The molecule has 2 atom stereocenters. The van der Waals surface area contributed by atoms with Gasteiger partial charge in [0.2, 0.25) is 0 Å². The van der Waals surface area contributed by atoms with Crippen LogP contribution in [-0.4, -0.2) is 22.9 Å². The zero-order valence-electron chi connectivity index (χ0n) is 12.5. The number of rotatable bonds is 5. The molecule has 126 valence electrons. The second kappa shape index (κ2) is 7.66. The molecule has 2 aromatic rings. The van der Waals surface area contributed by atoms with E-state index < -0.39 is 12.0 Å². The molecule has 1 fully saturated rings. The van der Waals surface area contributed by atoms with Gasteiger partial charge in [-0.15, -0.1) is 11.8 Å². The van der Waals surface area contributed by atoms with Crippen LogP contribution < -0.4 is 10.1 Å². The van der Waals surface area contributed by atoms with E-state index in [1.54, 1.807) is 12.1 Å². The number of thioether (sulfide) groups is 1. The highest BCUT2D eigenvalue weighted by Crippen LogP contribution is 2.39. The minimum absolute atomic E-state index is 0.167. The third-order valence-electron chi connectivity index (χ3n) is 3.62. The van der Waals surface area contributed by atoms with Crippen LogP contribution in [0.15, 0.2) is 42.5 Å². The van der Waals surface area contributed by atoms with Crippen molar-refractivity contribution in [1.29, 1.82) is 0 Å². The van der Waals surface area contributed by atoms with E-state index in [0.29, 0.717) is 28.2 Å². The number of halogens is 2. The maximum atomic E-state index is 11.1. The number of nitrogens with one attached hydrogen (secondary N) is 1. The molecule has 0 amide bonds. The number of aliphatic carboxylic acids is 1. The van der Waals surface area contributed by atoms with Gasteiger partial charge in [-0.3, -0.25) is 10.1 Å². The molecule has 1 heterocycles. The normalized spacial score (nSPS) is 20.1. The Hall–Kier alpha value is -1.40. The van der Waals surface area contributed by atoms with E-state index in [-0.39, 0.29) is 5.37 Å². The second-order valence-corrected chi connectivity index (χ2v) is 7.38. The summed E-state index contributed by atoms with van der Waals surface area (Å²) in [7, 11) is 0. The zero-order valence-corrected chi connectivity index (χ0v) is 14.9. The lowest BCUT2D eigenvalue weighted by Gasteiger charge is -2.17. The van der Waals surface area contributed by atoms with Gasteiger partial charge in [0, 0.05) is 21.4 Å². The minimum atomic E-state index is -0.853. The molecule has 0 bridgehead atoms. The Bertz CT molecular complexity index is 756. The Balaban J connectivity index is 1.77. The van der Waals surface area contributed by atoms with Crippen molar-refractivity contribution in [2.75, 3.05) is 5.75 Å². The van der Waals surface area contributed by atoms with Gasteiger partial charge in [-0.25, -0.2) is 0 Å². The molecule has 0 aliphatic carbocycles. The van der Waals surface area contributed by atoms with Crippen LogP contribution in [0.4, 0.5) is 0 Å². The first-order chi connectivity index (χ1) is 11.5. The zero-order chi connectivity index (χ0) is 17.1. The van der Waals surface area contributed by atoms with Crippen LogP contribution in [0.25, 0.3) is 0 Å². The Labute approximate surface area is 154 Å². The van der Waals surface area contributed by atoms with Crippen molar-refractivity contribution in [2.24, 2.45) is 0 Å². The van der Waals surface area contributed by atoms with Crippen LogP contribution in [-0.2, 0) is 11.4 Å². The number of hydrogen-bond donors (Lipinski definition) is 2. The number of ether oxygens (including phenoxy) is 1. The summed E-state index contributed by atoms with van der Waals surface area (Å²) in [6.07, 6.45) is 0. The largest absolute Gasteiger partial charge is 0.489 e. The SMILES string of the molecule is O=C(O)[C@H]1CS[C@@H](c2cc(Cl)ccc2OCc2cccc(Cl)c2)N1. The highest BCUT2D eigenvalue weighted by molar-refractivity contribution is 7.99. The molecule has 0 radical (unpaired) electrons. The van der Waals surface area contributed by atoms with E-state index in [1.165, 1.54) is 11.8 Å². The van der Waals surface area contributed by atoms with E-state index >= 15 is 0 Å². The van der Waals surface area contributed by atoms with Crippen molar-refractivity contribution in [3.8, 4) is 5.75 Å². The van der Waals surface area contributed by atoms with Gasteiger partial charge in [0.25, 0.3) is 0 Å². The number of carboxylic acid groups (broad SMARTS) is 1. The lowest BCUT2D eigenvalue weighted by molar-refractivity contribution is -0.138. The van der Waals surface area contributed by atoms with Gasteiger partial charge < -0.3 is 9.84 Å². The van der Waals surface area contributed by atoms with Gasteiger partial charge in [0.1, 0.15) is 18.4 Å². The molecule has 0 unspecified atom stereocenters. The highest BCUT2D eigenvalue weighted by atomic mass is 35.5. The van der Waals surface area contributed by atoms with Crippen molar-refractivity contribution in [1.82, 2.24) is 5.32 Å². The average Bonchev–Trinajstić information content (AvgIpc) is 3.04. The summed E-state index contributed by atoms with van der Waals surface area (Å²) in [6.45, 7) is 0.370. The van der Waals surface area contributed by atoms with Crippen LogP contribution in [0, 0.1) is 0 Å². The second-order valence-electron chi connectivity index (χ2n) is 5.37. The van der Waals surface area contributed by atoms with Crippen LogP contribution in [0.3, 0.4) is 0 Å². The van der Waals surface area contributed by atoms with Gasteiger partial charge in [-0.05, 0) is 35.9 Å². The fraction of sp³-hybridized carbons (Fsp3) is 0.235. The summed E-state index contributed by atoms with van der Waals surface area (Å²) in [6, 6.07) is 12.3. The van der Waals surface area contributed by atoms with Gasteiger partial charge in [-0.1, -0.05) is 35.3 Å². The van der Waals surface area contributed by atoms with Crippen molar-refractivity contribution in [3.05, 3.63) is 63.6 Å². The van der Waals surface area contributed by atoms with Gasteiger partial charge >= 0.3 is 5.97 Å². The standard InChI is InChI=1S/C17H15Cl2NO3S/c18-11-3-1-2-10(6-11)8-23-15-5-4-12(19)7-13(15)16-20-14(9-24-16)17(21)22/h1-7,14,16,20H,8-9H2,(H,21,22)/t14-,16+/m1/s1. The maximum Gasteiger partial charge on any atom is 0.321 e. The summed E-state index contributed by atoms with van der Waals surface area (Å²) < 4.78 is 5.92. The summed E-state index contributed by atoms with van der Waals surface area (Å²) in [5.41, 5.74) is 1.80. The van der Waals surface area contributed by atoms with E-state index in [1.807, 2.05) is 30.3 Å². The number of hydrogen-bond acceptors (Lipinski definition) is 4. The Morgan fingerprint density at radius 1 is 1.25 bits per heavy atom. The van der Waals surface area contributed by atoms with Gasteiger partial charge in [0.15, 0.2) is 0 Å². The van der Waals surface area contributed by atoms with Crippen LogP contribution >= 0.6 is 35.0 Å². The lowest BCUT2D eigenvalue weighted by atomic mass is 10.1. The topological polar surface area (TPSA) is 58.6 Å². The Morgan fingerprint density at radius 2 is 2.04 bits per heavy atom. The molecular weight excluding hydrogens is 369 g/mol. The van der Waals surface area contributed by atoms with Crippen LogP contribution in [0.5, 0.6) is 5.75 Å². The molecule has 1 aliphatic rings. The first kappa shape index (κ1) is 17.4. The molecule has 24 heavy (non-hydrogen) atoms. The molecule has 0 saturated carbocycles.